The number of nitrogen functional groups attached to an aromatic ring is 1. The van der Waals surface area contributed by atoms with Crippen molar-refractivity contribution in [3.8, 4) is 0 Å². The third-order valence-corrected chi connectivity index (χ3v) is 4.96. The molecule has 2 aliphatic rings. The number of ether oxygens (including phenoxy) is 1. The fraction of sp³-hybridized carbons (Fsp3) is 0.667. The van der Waals surface area contributed by atoms with Crippen molar-refractivity contribution >= 4 is 11.4 Å². The summed E-state index contributed by atoms with van der Waals surface area (Å²) in [5.41, 5.74) is 7.09. The third kappa shape index (κ3) is 3.96. The van der Waals surface area contributed by atoms with Crippen molar-refractivity contribution in [2.24, 2.45) is 5.92 Å². The van der Waals surface area contributed by atoms with Crippen LogP contribution in [0.4, 0.5) is 15.8 Å². The second kappa shape index (κ2) is 7.05. The van der Waals surface area contributed by atoms with E-state index in [4.69, 9.17) is 10.5 Å². The first-order valence-corrected chi connectivity index (χ1v) is 8.69. The first kappa shape index (κ1) is 16.5. The number of hydrogen-bond donors (Lipinski definition) is 1. The van der Waals surface area contributed by atoms with Gasteiger partial charge in [-0.2, -0.15) is 0 Å². The maximum Gasteiger partial charge on any atom is 0.148 e. The van der Waals surface area contributed by atoms with Crippen LogP contribution < -0.4 is 10.6 Å². The SMILES string of the molecule is CC1CN(CC2CCN(c3c(N)cccc3F)CC2)C[C@@H](C)O1. The highest BCUT2D eigenvalue weighted by atomic mass is 19.1. The molecule has 4 nitrogen and oxygen atoms in total. The normalized spacial score (nSPS) is 27.3. The lowest BCUT2D eigenvalue weighted by atomic mass is 9.95. The second-order valence-electron chi connectivity index (χ2n) is 7.08. The van der Waals surface area contributed by atoms with Crippen molar-refractivity contribution < 1.29 is 9.13 Å². The summed E-state index contributed by atoms with van der Waals surface area (Å²) in [6, 6.07) is 4.94. The Morgan fingerprint density at radius 3 is 2.43 bits per heavy atom. The number of nitrogens with two attached hydrogens (primary N) is 1. The van der Waals surface area contributed by atoms with Gasteiger partial charge in [-0.15, -0.1) is 0 Å². The minimum absolute atomic E-state index is 0.209. The number of rotatable bonds is 3. The number of morpholine rings is 1. The fourth-order valence-electron chi connectivity index (χ4n) is 4.00. The fourth-order valence-corrected chi connectivity index (χ4v) is 4.00. The smallest absolute Gasteiger partial charge is 0.148 e. The van der Waals surface area contributed by atoms with Gasteiger partial charge in [-0.1, -0.05) is 6.07 Å². The van der Waals surface area contributed by atoms with Crippen LogP contribution in [0.25, 0.3) is 0 Å². The Kier molecular flexibility index (Phi) is 5.07. The summed E-state index contributed by atoms with van der Waals surface area (Å²) in [6.45, 7) is 9.21. The van der Waals surface area contributed by atoms with Crippen molar-refractivity contribution in [3.63, 3.8) is 0 Å². The molecule has 2 N–H and O–H groups in total. The Balaban J connectivity index is 1.54. The van der Waals surface area contributed by atoms with Crippen LogP contribution in [0.3, 0.4) is 0 Å². The molecule has 1 aromatic rings. The van der Waals surface area contributed by atoms with Crippen LogP contribution in [0.2, 0.25) is 0 Å². The van der Waals surface area contributed by atoms with Crippen LogP contribution in [-0.4, -0.2) is 49.8 Å². The number of nitrogens with zero attached hydrogens (tertiary/aromatic N) is 2. The monoisotopic (exact) mass is 321 g/mol. The van der Waals surface area contributed by atoms with Crippen molar-refractivity contribution in [1.82, 2.24) is 4.90 Å². The summed E-state index contributed by atoms with van der Waals surface area (Å²) in [7, 11) is 0. The van der Waals surface area contributed by atoms with Crippen LogP contribution >= 0.6 is 0 Å². The first-order valence-electron chi connectivity index (χ1n) is 8.69. The van der Waals surface area contributed by atoms with Crippen LogP contribution in [0.5, 0.6) is 0 Å². The van der Waals surface area contributed by atoms with Gasteiger partial charge in [0.05, 0.1) is 23.6 Å². The van der Waals surface area contributed by atoms with Crippen LogP contribution in [0.1, 0.15) is 26.7 Å². The largest absolute Gasteiger partial charge is 0.397 e. The molecule has 1 aromatic carbocycles. The van der Waals surface area contributed by atoms with E-state index in [-0.39, 0.29) is 5.82 Å². The van der Waals surface area contributed by atoms with E-state index in [1.807, 2.05) is 0 Å². The molecule has 23 heavy (non-hydrogen) atoms. The lowest BCUT2D eigenvalue weighted by Crippen LogP contribution is -2.48. The summed E-state index contributed by atoms with van der Waals surface area (Å²) in [6.07, 6.45) is 2.82. The highest BCUT2D eigenvalue weighted by molar-refractivity contribution is 5.68. The van der Waals surface area contributed by atoms with E-state index in [0.29, 0.717) is 29.5 Å². The average Bonchev–Trinajstić information content (AvgIpc) is 2.48. The topological polar surface area (TPSA) is 41.7 Å². The number of halogens is 1. The van der Waals surface area contributed by atoms with Gasteiger partial charge in [0.15, 0.2) is 0 Å². The van der Waals surface area contributed by atoms with Crippen molar-refractivity contribution in [3.05, 3.63) is 24.0 Å². The van der Waals surface area contributed by atoms with E-state index in [0.717, 1.165) is 45.6 Å². The van der Waals surface area contributed by atoms with Crippen LogP contribution in [0, 0.1) is 11.7 Å². The molecule has 5 heteroatoms. The predicted octanol–water partition coefficient (Wildman–Crippen LogP) is 2.73. The standard InChI is InChI=1S/C18H28FN3O/c1-13-10-21(11-14(2)23-13)12-15-6-8-22(9-7-15)18-16(19)4-3-5-17(18)20/h3-5,13-15H,6-12,20H2,1-2H3/t13-,14?/m1/s1. The van der Waals surface area contributed by atoms with Crippen molar-refractivity contribution in [1.29, 1.82) is 0 Å². The Bertz CT molecular complexity index is 501. The molecule has 2 aliphatic heterocycles. The van der Waals surface area contributed by atoms with Crippen molar-refractivity contribution in [2.45, 2.75) is 38.9 Å². The number of hydrogen-bond acceptors (Lipinski definition) is 4. The lowest BCUT2D eigenvalue weighted by molar-refractivity contribution is -0.0720. The Labute approximate surface area is 138 Å². The zero-order chi connectivity index (χ0) is 16.4. The summed E-state index contributed by atoms with van der Waals surface area (Å²) in [5.74, 6) is 0.469. The molecular weight excluding hydrogens is 293 g/mol. The Morgan fingerprint density at radius 2 is 1.83 bits per heavy atom. The summed E-state index contributed by atoms with van der Waals surface area (Å²) >= 11 is 0. The Morgan fingerprint density at radius 1 is 1.17 bits per heavy atom. The summed E-state index contributed by atoms with van der Waals surface area (Å²) < 4.78 is 19.8. The zero-order valence-corrected chi connectivity index (χ0v) is 14.2. The predicted molar refractivity (Wildman–Crippen MR) is 92.2 cm³/mol. The van der Waals surface area contributed by atoms with E-state index in [1.54, 1.807) is 12.1 Å². The van der Waals surface area contributed by atoms with Gasteiger partial charge in [-0.25, -0.2) is 4.39 Å². The highest BCUT2D eigenvalue weighted by Crippen LogP contribution is 2.31. The van der Waals surface area contributed by atoms with Crippen molar-refractivity contribution in [2.75, 3.05) is 43.4 Å². The van der Waals surface area contributed by atoms with Gasteiger partial charge in [0.1, 0.15) is 5.82 Å². The number of para-hydroxylation sites is 1. The van der Waals surface area contributed by atoms with Gasteiger partial charge in [0.25, 0.3) is 0 Å². The van der Waals surface area contributed by atoms with E-state index < -0.39 is 0 Å². The zero-order valence-electron chi connectivity index (χ0n) is 14.2. The first-order chi connectivity index (χ1) is 11.0. The molecule has 2 fully saturated rings. The maximum atomic E-state index is 14.0. The average molecular weight is 321 g/mol. The molecule has 2 heterocycles. The minimum Gasteiger partial charge on any atom is -0.397 e. The van der Waals surface area contributed by atoms with Crippen LogP contribution in [0.15, 0.2) is 18.2 Å². The number of benzene rings is 1. The summed E-state index contributed by atoms with van der Waals surface area (Å²) in [5, 5.41) is 0. The van der Waals surface area contributed by atoms with Gasteiger partial charge in [0.2, 0.25) is 0 Å². The number of piperidine rings is 1. The molecule has 0 amide bonds. The molecule has 3 rings (SSSR count). The molecule has 2 saturated heterocycles. The molecule has 1 unspecified atom stereocenters. The number of anilines is 2. The summed E-state index contributed by atoms with van der Waals surface area (Å²) in [4.78, 5) is 4.63. The molecule has 0 aliphatic carbocycles. The Hall–Kier alpha value is -1.33. The molecule has 0 radical (unpaired) electrons. The second-order valence-corrected chi connectivity index (χ2v) is 7.08. The molecular formula is C18H28FN3O. The third-order valence-electron chi connectivity index (χ3n) is 4.96. The van der Waals surface area contributed by atoms with Gasteiger partial charge in [-0.05, 0) is 44.7 Å². The van der Waals surface area contributed by atoms with Gasteiger partial charge in [-0.3, -0.25) is 4.90 Å². The quantitative estimate of drug-likeness (QED) is 0.869. The molecule has 128 valence electrons. The molecule has 0 aromatic heterocycles. The van der Waals surface area contributed by atoms with E-state index in [1.165, 1.54) is 6.07 Å². The molecule has 0 bridgehead atoms. The van der Waals surface area contributed by atoms with E-state index >= 15 is 0 Å². The van der Waals surface area contributed by atoms with Crippen LogP contribution in [-0.2, 0) is 4.74 Å². The minimum atomic E-state index is -0.209. The maximum absolute atomic E-state index is 14.0. The van der Waals surface area contributed by atoms with Gasteiger partial charge < -0.3 is 15.4 Å². The van der Waals surface area contributed by atoms with Gasteiger partial charge in [0, 0.05) is 32.7 Å². The molecule has 2 atom stereocenters. The molecule has 0 spiro atoms. The van der Waals surface area contributed by atoms with E-state index in [2.05, 4.69) is 23.6 Å². The van der Waals surface area contributed by atoms with Gasteiger partial charge >= 0.3 is 0 Å². The molecule has 0 saturated carbocycles. The lowest BCUT2D eigenvalue weighted by Gasteiger charge is -2.40. The van der Waals surface area contributed by atoms with E-state index in [9.17, 15) is 4.39 Å². The highest BCUT2D eigenvalue weighted by Gasteiger charge is 2.27.